The minimum absolute atomic E-state index is 0.107. The van der Waals surface area contributed by atoms with Gasteiger partial charge >= 0.3 is 0 Å². The molecule has 3 aromatic rings. The molecule has 0 aliphatic carbocycles. The average Bonchev–Trinajstić information content (AvgIpc) is 3.12. The number of imide groups is 1. The van der Waals surface area contributed by atoms with Gasteiger partial charge in [-0.05, 0) is 36.2 Å². The van der Waals surface area contributed by atoms with Gasteiger partial charge in [-0.2, -0.15) is 0 Å². The number of thioether (sulfide) groups is 1. The minimum atomic E-state index is -0.561. The molecule has 1 heterocycles. The summed E-state index contributed by atoms with van der Waals surface area (Å²) in [5.74, 6) is -0.0190. The topological polar surface area (TPSA) is 71.0 Å². The van der Waals surface area contributed by atoms with Gasteiger partial charge in [0.05, 0.1) is 12.8 Å². The minimum Gasteiger partial charge on any atom is -0.495 e. The average molecular weight is 460 g/mol. The van der Waals surface area contributed by atoms with E-state index in [2.05, 4.69) is 17.4 Å². The number of para-hydroxylation sites is 3. The van der Waals surface area contributed by atoms with Crippen molar-refractivity contribution in [1.29, 1.82) is 0 Å². The van der Waals surface area contributed by atoms with Crippen molar-refractivity contribution in [3.05, 3.63) is 90.5 Å². The third-order valence-electron chi connectivity index (χ3n) is 5.21. The van der Waals surface area contributed by atoms with Gasteiger partial charge in [0.25, 0.3) is 0 Å². The summed E-state index contributed by atoms with van der Waals surface area (Å²) in [4.78, 5) is 31.9. The highest BCUT2D eigenvalue weighted by Crippen LogP contribution is 2.35. The standard InChI is InChI=1S/C26H25N3O3S/c1-32-22-15-9-8-14-21(22)29-24(30)18-23(25(29)31)33-26(28-20-12-6-3-7-13-20)27-17-16-19-10-4-2-5-11-19/h2-15,23H,16-18H2,1H3,(H,27,28)/t23-/m0/s1. The van der Waals surface area contributed by atoms with E-state index in [1.165, 1.54) is 29.3 Å². The molecular weight excluding hydrogens is 434 g/mol. The summed E-state index contributed by atoms with van der Waals surface area (Å²) < 4.78 is 5.36. The highest BCUT2D eigenvalue weighted by Gasteiger charge is 2.41. The smallest absolute Gasteiger partial charge is 0.248 e. The number of carbonyl (C=O) groups excluding carboxylic acids is 2. The van der Waals surface area contributed by atoms with Crippen molar-refractivity contribution >= 4 is 40.1 Å². The number of anilines is 2. The fourth-order valence-electron chi connectivity index (χ4n) is 3.58. The van der Waals surface area contributed by atoms with Gasteiger partial charge in [-0.15, -0.1) is 0 Å². The van der Waals surface area contributed by atoms with Crippen LogP contribution >= 0.6 is 11.8 Å². The number of rotatable bonds is 7. The first-order valence-corrected chi connectivity index (χ1v) is 11.6. The summed E-state index contributed by atoms with van der Waals surface area (Å²) in [7, 11) is 1.53. The molecule has 1 N–H and O–H groups in total. The quantitative estimate of drug-likeness (QED) is 0.313. The van der Waals surface area contributed by atoms with Crippen LogP contribution in [0.3, 0.4) is 0 Å². The summed E-state index contributed by atoms with van der Waals surface area (Å²) in [6.07, 6.45) is 0.891. The van der Waals surface area contributed by atoms with Crippen molar-refractivity contribution < 1.29 is 14.3 Å². The number of aliphatic imine (C=N–C) groups is 1. The van der Waals surface area contributed by atoms with Crippen molar-refractivity contribution in [3.63, 3.8) is 0 Å². The third-order valence-corrected chi connectivity index (χ3v) is 6.32. The monoisotopic (exact) mass is 459 g/mol. The number of amides is 2. The first-order valence-electron chi connectivity index (χ1n) is 10.7. The van der Waals surface area contributed by atoms with Crippen LogP contribution in [0.25, 0.3) is 0 Å². The number of ether oxygens (including phenoxy) is 1. The van der Waals surface area contributed by atoms with E-state index in [0.717, 1.165) is 12.1 Å². The van der Waals surface area contributed by atoms with Crippen molar-refractivity contribution in [2.45, 2.75) is 18.1 Å². The molecule has 0 radical (unpaired) electrons. The zero-order valence-corrected chi connectivity index (χ0v) is 19.1. The van der Waals surface area contributed by atoms with E-state index in [1.54, 1.807) is 24.3 Å². The Kier molecular flexibility index (Phi) is 7.42. The predicted molar refractivity (Wildman–Crippen MR) is 134 cm³/mol. The van der Waals surface area contributed by atoms with Crippen LogP contribution in [0.4, 0.5) is 11.4 Å². The Morgan fingerprint density at radius 3 is 2.39 bits per heavy atom. The van der Waals surface area contributed by atoms with Crippen LogP contribution in [-0.4, -0.2) is 35.9 Å². The molecule has 0 aromatic heterocycles. The molecule has 1 saturated heterocycles. The van der Waals surface area contributed by atoms with E-state index in [1.807, 2.05) is 48.5 Å². The maximum absolute atomic E-state index is 13.2. The number of nitrogens with one attached hydrogen (secondary N) is 1. The predicted octanol–water partition coefficient (Wildman–Crippen LogP) is 4.77. The number of nitrogens with zero attached hydrogens (tertiary/aromatic N) is 2. The molecule has 0 bridgehead atoms. The lowest BCUT2D eigenvalue weighted by atomic mass is 10.2. The van der Waals surface area contributed by atoms with Crippen molar-refractivity contribution in [3.8, 4) is 5.75 Å². The number of methoxy groups -OCH3 is 1. The highest BCUT2D eigenvalue weighted by molar-refractivity contribution is 8.15. The fourth-order valence-corrected chi connectivity index (χ4v) is 4.63. The second-order valence-corrected chi connectivity index (χ2v) is 8.65. The van der Waals surface area contributed by atoms with Gasteiger partial charge in [-0.1, -0.05) is 72.4 Å². The molecule has 1 fully saturated rings. The molecule has 168 valence electrons. The Morgan fingerprint density at radius 2 is 1.67 bits per heavy atom. The van der Waals surface area contributed by atoms with E-state index in [0.29, 0.717) is 23.1 Å². The molecule has 0 spiro atoms. The van der Waals surface area contributed by atoms with E-state index in [4.69, 9.17) is 9.73 Å². The molecule has 1 atom stereocenters. The molecule has 1 aliphatic rings. The molecule has 7 heteroatoms. The lowest BCUT2D eigenvalue weighted by Crippen LogP contribution is -2.32. The molecular formula is C26H25N3O3S. The van der Waals surface area contributed by atoms with Gasteiger partial charge in [0.2, 0.25) is 11.8 Å². The Balaban J connectivity index is 1.51. The van der Waals surface area contributed by atoms with Crippen LogP contribution in [-0.2, 0) is 16.0 Å². The summed E-state index contributed by atoms with van der Waals surface area (Å²) in [6.45, 7) is 0.567. The number of benzene rings is 3. The van der Waals surface area contributed by atoms with Crippen molar-refractivity contribution in [2.75, 3.05) is 23.9 Å². The Morgan fingerprint density at radius 1 is 1.00 bits per heavy atom. The van der Waals surface area contributed by atoms with Crippen LogP contribution in [0.2, 0.25) is 0 Å². The molecule has 6 nitrogen and oxygen atoms in total. The molecule has 3 aromatic carbocycles. The zero-order chi connectivity index (χ0) is 23.0. The summed E-state index contributed by atoms with van der Waals surface area (Å²) in [5.41, 5.74) is 2.54. The summed E-state index contributed by atoms with van der Waals surface area (Å²) in [6, 6.07) is 26.9. The van der Waals surface area contributed by atoms with Crippen LogP contribution < -0.4 is 15.0 Å². The molecule has 0 saturated carbocycles. The molecule has 0 unspecified atom stereocenters. The van der Waals surface area contributed by atoms with Crippen LogP contribution in [0.15, 0.2) is 89.9 Å². The number of carbonyl (C=O) groups is 2. The number of amidine groups is 1. The van der Waals surface area contributed by atoms with Crippen LogP contribution in [0, 0.1) is 0 Å². The summed E-state index contributed by atoms with van der Waals surface area (Å²) >= 11 is 1.29. The number of hydrogen-bond acceptors (Lipinski definition) is 5. The van der Waals surface area contributed by atoms with Crippen LogP contribution in [0.1, 0.15) is 12.0 Å². The zero-order valence-electron chi connectivity index (χ0n) is 18.3. The molecule has 4 rings (SSSR count). The maximum Gasteiger partial charge on any atom is 0.248 e. The number of hydrogen-bond donors (Lipinski definition) is 1. The van der Waals surface area contributed by atoms with Crippen LogP contribution in [0.5, 0.6) is 5.75 Å². The summed E-state index contributed by atoms with van der Waals surface area (Å²) in [5, 5.41) is 3.37. The van der Waals surface area contributed by atoms with Gasteiger partial charge in [0.1, 0.15) is 11.0 Å². The Labute approximate surface area is 197 Å². The van der Waals surface area contributed by atoms with E-state index in [9.17, 15) is 9.59 Å². The van der Waals surface area contributed by atoms with Gasteiger partial charge in [-0.3, -0.25) is 14.6 Å². The third kappa shape index (κ3) is 5.62. The highest BCUT2D eigenvalue weighted by atomic mass is 32.2. The SMILES string of the molecule is COc1ccccc1N1C(=O)C[C@H](SC(=NCCc2ccccc2)Nc2ccccc2)C1=O. The van der Waals surface area contributed by atoms with Gasteiger partial charge < -0.3 is 10.1 Å². The first-order chi connectivity index (χ1) is 16.2. The normalized spacial score (nSPS) is 16.2. The van der Waals surface area contributed by atoms with Gasteiger partial charge in [0.15, 0.2) is 5.17 Å². The molecule has 33 heavy (non-hydrogen) atoms. The van der Waals surface area contributed by atoms with Gasteiger partial charge in [-0.25, -0.2) is 4.90 Å². The lowest BCUT2D eigenvalue weighted by Gasteiger charge is -2.18. The van der Waals surface area contributed by atoms with Gasteiger partial charge in [0, 0.05) is 18.7 Å². The Bertz CT molecular complexity index is 1140. The first kappa shape index (κ1) is 22.6. The van der Waals surface area contributed by atoms with Crippen molar-refractivity contribution in [2.24, 2.45) is 4.99 Å². The lowest BCUT2D eigenvalue weighted by molar-refractivity contribution is -0.121. The molecule has 2 amide bonds. The van der Waals surface area contributed by atoms with E-state index in [-0.39, 0.29) is 18.2 Å². The molecule has 1 aliphatic heterocycles. The maximum atomic E-state index is 13.2. The second kappa shape index (κ2) is 10.8. The van der Waals surface area contributed by atoms with E-state index >= 15 is 0 Å². The fraction of sp³-hybridized carbons (Fsp3) is 0.192. The largest absolute Gasteiger partial charge is 0.495 e. The van der Waals surface area contributed by atoms with E-state index < -0.39 is 5.25 Å². The Hall–Kier alpha value is -3.58. The second-order valence-electron chi connectivity index (χ2n) is 7.46. The van der Waals surface area contributed by atoms with Crippen molar-refractivity contribution in [1.82, 2.24) is 0 Å².